The van der Waals surface area contributed by atoms with Crippen LogP contribution in [0.25, 0.3) is 0 Å². The van der Waals surface area contributed by atoms with Crippen molar-refractivity contribution in [3.05, 3.63) is 0 Å². The molecule has 1 rings (SSSR count). The Morgan fingerprint density at radius 1 is 1.50 bits per heavy atom. The summed E-state index contributed by atoms with van der Waals surface area (Å²) in [5.41, 5.74) is 5.23. The Labute approximate surface area is 93.8 Å². The first-order chi connectivity index (χ1) is 7.58. The van der Waals surface area contributed by atoms with E-state index in [1.807, 2.05) is 13.8 Å². The van der Waals surface area contributed by atoms with Crippen molar-refractivity contribution in [2.24, 2.45) is 5.92 Å². The van der Waals surface area contributed by atoms with E-state index < -0.39 is 0 Å². The molecule has 1 heterocycles. The lowest BCUT2D eigenvalue weighted by Crippen LogP contribution is -2.28. The molecular formula is C9H17N5O2. The van der Waals surface area contributed by atoms with Crippen LogP contribution in [0.5, 0.6) is 0 Å². The zero-order valence-corrected chi connectivity index (χ0v) is 9.49. The van der Waals surface area contributed by atoms with Crippen LogP contribution in [-0.2, 0) is 4.79 Å². The Balaban J connectivity index is 2.13. The molecule has 0 unspecified atom stereocenters. The van der Waals surface area contributed by atoms with Gasteiger partial charge in [-0.25, -0.2) is 0 Å². The SMILES string of the molecule is CC(C)CNC(=O)CCNc1nnc(N)o1. The molecule has 1 amide bonds. The molecular weight excluding hydrogens is 210 g/mol. The third-order valence-electron chi connectivity index (χ3n) is 1.78. The second kappa shape index (κ2) is 5.94. The Bertz CT molecular complexity index is 336. The number of anilines is 2. The topological polar surface area (TPSA) is 106 Å². The van der Waals surface area contributed by atoms with Gasteiger partial charge in [-0.05, 0) is 5.92 Å². The molecule has 7 heteroatoms. The lowest BCUT2D eigenvalue weighted by atomic mass is 10.2. The summed E-state index contributed by atoms with van der Waals surface area (Å²) in [6.07, 6.45) is 0.356. The number of hydrogen-bond donors (Lipinski definition) is 3. The predicted molar refractivity (Wildman–Crippen MR) is 59.7 cm³/mol. The highest BCUT2D eigenvalue weighted by Gasteiger charge is 2.04. The maximum atomic E-state index is 11.3. The quantitative estimate of drug-likeness (QED) is 0.642. The molecule has 0 saturated carbocycles. The van der Waals surface area contributed by atoms with Gasteiger partial charge < -0.3 is 20.8 Å². The van der Waals surface area contributed by atoms with Gasteiger partial charge >= 0.3 is 12.0 Å². The normalized spacial score (nSPS) is 10.4. The van der Waals surface area contributed by atoms with Crippen LogP contribution in [0.3, 0.4) is 0 Å². The van der Waals surface area contributed by atoms with Gasteiger partial charge in [-0.1, -0.05) is 24.0 Å². The second-order valence-corrected chi connectivity index (χ2v) is 3.82. The predicted octanol–water partition coefficient (Wildman–Crippen LogP) is 0.226. The van der Waals surface area contributed by atoms with E-state index in [1.165, 1.54) is 0 Å². The number of nitrogens with two attached hydrogens (primary N) is 1. The van der Waals surface area contributed by atoms with Gasteiger partial charge in [0.25, 0.3) is 0 Å². The van der Waals surface area contributed by atoms with Crippen LogP contribution in [-0.4, -0.2) is 29.2 Å². The molecule has 0 aliphatic rings. The molecule has 1 aromatic heterocycles. The first kappa shape index (κ1) is 12.3. The summed E-state index contributed by atoms with van der Waals surface area (Å²) in [5.74, 6) is 0.446. The zero-order valence-electron chi connectivity index (χ0n) is 9.49. The van der Waals surface area contributed by atoms with E-state index in [0.29, 0.717) is 25.4 Å². The van der Waals surface area contributed by atoms with Crippen LogP contribution in [0, 0.1) is 5.92 Å². The van der Waals surface area contributed by atoms with Gasteiger partial charge in [0, 0.05) is 19.5 Å². The third-order valence-corrected chi connectivity index (χ3v) is 1.78. The Kier molecular flexibility index (Phi) is 4.56. The van der Waals surface area contributed by atoms with E-state index in [1.54, 1.807) is 0 Å². The van der Waals surface area contributed by atoms with Gasteiger partial charge in [0.05, 0.1) is 0 Å². The maximum absolute atomic E-state index is 11.3. The number of nitrogens with zero attached hydrogens (tertiary/aromatic N) is 2. The number of aromatic nitrogens is 2. The molecule has 0 atom stereocenters. The number of nitrogens with one attached hydrogen (secondary N) is 2. The van der Waals surface area contributed by atoms with E-state index in [2.05, 4.69) is 20.8 Å². The minimum absolute atomic E-state index is 0.00585. The van der Waals surface area contributed by atoms with Crippen LogP contribution in [0.2, 0.25) is 0 Å². The molecule has 0 aromatic carbocycles. The Hall–Kier alpha value is -1.79. The van der Waals surface area contributed by atoms with Gasteiger partial charge in [-0.15, -0.1) is 0 Å². The molecule has 1 aromatic rings. The molecule has 0 saturated heterocycles. The van der Waals surface area contributed by atoms with Crippen molar-refractivity contribution in [1.29, 1.82) is 0 Å². The largest absolute Gasteiger partial charge is 0.390 e. The van der Waals surface area contributed by atoms with Crippen molar-refractivity contribution in [2.75, 3.05) is 24.1 Å². The van der Waals surface area contributed by atoms with E-state index in [4.69, 9.17) is 10.2 Å². The highest BCUT2D eigenvalue weighted by Crippen LogP contribution is 2.05. The lowest BCUT2D eigenvalue weighted by Gasteiger charge is -2.07. The van der Waals surface area contributed by atoms with Crippen LogP contribution < -0.4 is 16.4 Å². The second-order valence-electron chi connectivity index (χ2n) is 3.82. The van der Waals surface area contributed by atoms with Crippen LogP contribution in [0.15, 0.2) is 4.42 Å². The fourth-order valence-electron chi connectivity index (χ4n) is 0.995. The molecule has 0 fully saturated rings. The van der Waals surface area contributed by atoms with E-state index in [-0.39, 0.29) is 17.9 Å². The zero-order chi connectivity index (χ0) is 12.0. The fourth-order valence-corrected chi connectivity index (χ4v) is 0.995. The number of carbonyl (C=O) groups is 1. The van der Waals surface area contributed by atoms with Gasteiger partial charge in [0.15, 0.2) is 0 Å². The third kappa shape index (κ3) is 4.63. The molecule has 0 aliphatic heterocycles. The molecule has 0 aliphatic carbocycles. The van der Waals surface area contributed by atoms with E-state index in [9.17, 15) is 4.79 Å². The molecule has 4 N–H and O–H groups in total. The van der Waals surface area contributed by atoms with Crippen LogP contribution in [0.4, 0.5) is 12.0 Å². The number of nitrogen functional groups attached to an aromatic ring is 1. The lowest BCUT2D eigenvalue weighted by molar-refractivity contribution is -0.120. The van der Waals surface area contributed by atoms with Crippen molar-refractivity contribution in [2.45, 2.75) is 20.3 Å². The summed E-state index contributed by atoms with van der Waals surface area (Å²) in [6.45, 7) is 5.21. The van der Waals surface area contributed by atoms with Crippen LogP contribution >= 0.6 is 0 Å². The monoisotopic (exact) mass is 227 g/mol. The standard InChI is InChI=1S/C9H17N5O2/c1-6(2)5-12-7(15)3-4-11-9-14-13-8(10)16-9/h6H,3-5H2,1-2H3,(H2,10,13)(H,11,14)(H,12,15). The minimum atomic E-state index is -0.00585. The number of hydrogen-bond acceptors (Lipinski definition) is 6. The van der Waals surface area contributed by atoms with Crippen molar-refractivity contribution in [1.82, 2.24) is 15.5 Å². The summed E-state index contributed by atoms with van der Waals surface area (Å²) in [4.78, 5) is 11.3. The van der Waals surface area contributed by atoms with Crippen molar-refractivity contribution in [3.8, 4) is 0 Å². The number of carbonyl (C=O) groups excluding carboxylic acids is 1. The summed E-state index contributed by atoms with van der Waals surface area (Å²) in [5, 5.41) is 12.7. The summed E-state index contributed by atoms with van der Waals surface area (Å²) in [6, 6.07) is 0.237. The first-order valence-electron chi connectivity index (χ1n) is 5.17. The highest BCUT2D eigenvalue weighted by atomic mass is 16.4. The van der Waals surface area contributed by atoms with Crippen molar-refractivity contribution in [3.63, 3.8) is 0 Å². The number of rotatable bonds is 6. The summed E-state index contributed by atoms with van der Waals surface area (Å²) >= 11 is 0. The minimum Gasteiger partial charge on any atom is -0.390 e. The Morgan fingerprint density at radius 2 is 2.25 bits per heavy atom. The van der Waals surface area contributed by atoms with Gasteiger partial charge in [0.1, 0.15) is 0 Å². The fraction of sp³-hybridized carbons (Fsp3) is 0.667. The van der Waals surface area contributed by atoms with Crippen LogP contribution in [0.1, 0.15) is 20.3 Å². The van der Waals surface area contributed by atoms with Gasteiger partial charge in [-0.3, -0.25) is 4.79 Å². The van der Waals surface area contributed by atoms with E-state index >= 15 is 0 Å². The first-order valence-corrected chi connectivity index (χ1v) is 5.17. The Morgan fingerprint density at radius 3 is 2.81 bits per heavy atom. The van der Waals surface area contributed by atoms with Gasteiger partial charge in [0.2, 0.25) is 5.91 Å². The highest BCUT2D eigenvalue weighted by molar-refractivity contribution is 5.76. The molecule has 16 heavy (non-hydrogen) atoms. The maximum Gasteiger partial charge on any atom is 0.316 e. The van der Waals surface area contributed by atoms with Gasteiger partial charge in [-0.2, -0.15) is 0 Å². The molecule has 0 bridgehead atoms. The molecule has 0 radical (unpaired) electrons. The van der Waals surface area contributed by atoms with Crippen molar-refractivity contribution >= 4 is 17.9 Å². The van der Waals surface area contributed by atoms with E-state index in [0.717, 1.165) is 0 Å². The average molecular weight is 227 g/mol. The number of amides is 1. The summed E-state index contributed by atoms with van der Waals surface area (Å²) < 4.78 is 4.88. The van der Waals surface area contributed by atoms with Crippen molar-refractivity contribution < 1.29 is 9.21 Å². The smallest absolute Gasteiger partial charge is 0.316 e. The molecule has 90 valence electrons. The molecule has 7 nitrogen and oxygen atoms in total. The average Bonchev–Trinajstić information content (AvgIpc) is 2.61. The molecule has 0 spiro atoms. The summed E-state index contributed by atoms with van der Waals surface area (Å²) in [7, 11) is 0.